The summed E-state index contributed by atoms with van der Waals surface area (Å²) in [6.45, 7) is 18.8. The fourth-order valence-corrected chi connectivity index (χ4v) is 5.42. The molecule has 0 aliphatic rings. The molecule has 0 saturated heterocycles. The summed E-state index contributed by atoms with van der Waals surface area (Å²) >= 11 is 0. The largest absolute Gasteiger partial charge is 0.0984 e. The van der Waals surface area contributed by atoms with Crippen LogP contribution in [0, 0.1) is 6.92 Å². The lowest BCUT2D eigenvalue weighted by Crippen LogP contribution is -1.99. The van der Waals surface area contributed by atoms with Gasteiger partial charge in [0, 0.05) is 0 Å². The summed E-state index contributed by atoms with van der Waals surface area (Å²) in [6, 6.07) is 32.2. The molecule has 0 aromatic heterocycles. The molecule has 0 heteroatoms. The monoisotopic (exact) mass is 474 g/mol. The molecule has 0 radical (unpaired) electrons. The lowest BCUT2D eigenvalue weighted by atomic mass is 9.81. The van der Waals surface area contributed by atoms with Crippen molar-refractivity contribution in [3.63, 3.8) is 0 Å². The van der Waals surface area contributed by atoms with Crippen LogP contribution in [0.3, 0.4) is 0 Å². The first-order chi connectivity index (χ1) is 18.1. The van der Waals surface area contributed by atoms with Gasteiger partial charge in [-0.05, 0) is 78.9 Å². The summed E-state index contributed by atoms with van der Waals surface area (Å²) in [4.78, 5) is 0. The van der Waals surface area contributed by atoms with Crippen LogP contribution in [0.4, 0.5) is 0 Å². The Kier molecular flexibility index (Phi) is 6.58. The Bertz CT molecular complexity index is 1660. The van der Waals surface area contributed by atoms with E-state index in [1.54, 1.807) is 0 Å². The molecule has 5 rings (SSSR count). The van der Waals surface area contributed by atoms with Gasteiger partial charge >= 0.3 is 0 Å². The molecule has 0 aliphatic carbocycles. The number of hydrogen-bond donors (Lipinski definition) is 0. The Morgan fingerprint density at radius 2 is 0.919 bits per heavy atom. The maximum atomic E-state index is 4.24. The molecule has 5 aromatic carbocycles. The first-order valence-electron chi connectivity index (χ1n) is 12.5. The van der Waals surface area contributed by atoms with Gasteiger partial charge in [-0.1, -0.05) is 142 Å². The quantitative estimate of drug-likeness (QED) is 0.220. The molecule has 0 atom stereocenters. The van der Waals surface area contributed by atoms with E-state index in [4.69, 9.17) is 0 Å². The number of benzene rings is 5. The van der Waals surface area contributed by atoms with Crippen molar-refractivity contribution in [1.82, 2.24) is 0 Å². The summed E-state index contributed by atoms with van der Waals surface area (Å²) in [5.41, 5.74) is 12.5. The molecular weight excluding hydrogens is 444 g/mol. The van der Waals surface area contributed by atoms with E-state index in [-0.39, 0.29) is 0 Å². The zero-order valence-corrected chi connectivity index (χ0v) is 21.3. The van der Waals surface area contributed by atoms with Crippen molar-refractivity contribution in [2.24, 2.45) is 0 Å². The van der Waals surface area contributed by atoms with Crippen LogP contribution in [0.15, 0.2) is 117 Å². The van der Waals surface area contributed by atoms with Crippen molar-refractivity contribution < 1.29 is 0 Å². The lowest BCUT2D eigenvalue weighted by molar-refractivity contribution is 1.42. The average molecular weight is 475 g/mol. The van der Waals surface area contributed by atoms with Gasteiger partial charge in [0.2, 0.25) is 0 Å². The molecular formula is C37H30. The topological polar surface area (TPSA) is 0 Å². The second-order valence-electron chi connectivity index (χ2n) is 9.14. The van der Waals surface area contributed by atoms with Crippen LogP contribution in [0.5, 0.6) is 0 Å². The Labute approximate surface area is 220 Å². The second kappa shape index (κ2) is 10.1. The number of rotatable bonds is 7. The molecule has 0 fully saturated rings. The highest BCUT2D eigenvalue weighted by Crippen LogP contribution is 2.45. The Morgan fingerprint density at radius 1 is 0.432 bits per heavy atom. The van der Waals surface area contributed by atoms with Gasteiger partial charge in [-0.15, -0.1) is 0 Å². The highest BCUT2D eigenvalue weighted by Gasteiger charge is 2.21. The third kappa shape index (κ3) is 4.07. The fraction of sp³-hybridized carbons (Fsp3) is 0.0270. The average Bonchev–Trinajstić information content (AvgIpc) is 2.96. The minimum Gasteiger partial charge on any atom is -0.0984 e. The lowest BCUT2D eigenvalue weighted by Gasteiger charge is -2.22. The Balaban J connectivity index is 1.84. The van der Waals surface area contributed by atoms with Crippen LogP contribution >= 0.6 is 0 Å². The summed E-state index contributed by atoms with van der Waals surface area (Å²) in [6.07, 6.45) is 7.78. The van der Waals surface area contributed by atoms with E-state index >= 15 is 0 Å². The van der Waals surface area contributed by atoms with Crippen LogP contribution in [-0.4, -0.2) is 0 Å². The first-order valence-corrected chi connectivity index (χ1v) is 12.5. The van der Waals surface area contributed by atoms with E-state index in [9.17, 15) is 0 Å². The third-order valence-corrected chi connectivity index (χ3v) is 7.17. The molecule has 0 aliphatic heterocycles. The summed E-state index contributed by atoms with van der Waals surface area (Å²) in [5, 5.41) is 2.35. The minimum absolute atomic E-state index is 1.07. The van der Waals surface area contributed by atoms with Gasteiger partial charge < -0.3 is 0 Å². The summed E-state index contributed by atoms with van der Waals surface area (Å²) < 4.78 is 0. The minimum atomic E-state index is 1.07. The number of aryl methyl sites for hydroxylation is 1. The van der Waals surface area contributed by atoms with E-state index in [0.29, 0.717) is 0 Å². The van der Waals surface area contributed by atoms with Crippen LogP contribution in [0.25, 0.3) is 68.5 Å². The highest BCUT2D eigenvalue weighted by molar-refractivity contribution is 6.12. The van der Waals surface area contributed by atoms with Crippen molar-refractivity contribution in [3.05, 3.63) is 145 Å². The van der Waals surface area contributed by atoms with Crippen molar-refractivity contribution in [3.8, 4) is 33.4 Å². The van der Waals surface area contributed by atoms with Crippen LogP contribution in [0.2, 0.25) is 0 Å². The molecule has 0 saturated carbocycles. The molecule has 0 N–H and O–H groups in total. The Hall–Kier alpha value is -4.68. The van der Waals surface area contributed by atoms with Gasteiger partial charge in [-0.3, -0.25) is 0 Å². The van der Waals surface area contributed by atoms with Gasteiger partial charge in [-0.25, -0.2) is 0 Å². The van der Waals surface area contributed by atoms with Crippen molar-refractivity contribution in [1.29, 1.82) is 0 Å². The molecule has 0 bridgehead atoms. The SMILES string of the molecule is C=Cc1c(C)ccc(-c2c(C=C)c(C=C)c(-c3ccc(-c4ccccc4)cc3)c3ccccc23)c1C=C. The zero-order valence-electron chi connectivity index (χ0n) is 21.3. The van der Waals surface area contributed by atoms with Crippen LogP contribution < -0.4 is 0 Å². The van der Waals surface area contributed by atoms with Crippen molar-refractivity contribution in [2.75, 3.05) is 0 Å². The van der Waals surface area contributed by atoms with Gasteiger partial charge in [0.05, 0.1) is 0 Å². The Morgan fingerprint density at radius 3 is 1.51 bits per heavy atom. The fourth-order valence-electron chi connectivity index (χ4n) is 5.42. The van der Waals surface area contributed by atoms with Gasteiger partial charge in [0.1, 0.15) is 0 Å². The third-order valence-electron chi connectivity index (χ3n) is 7.17. The van der Waals surface area contributed by atoms with Crippen LogP contribution in [0.1, 0.15) is 27.8 Å². The molecule has 178 valence electrons. The van der Waals surface area contributed by atoms with E-state index in [1.165, 1.54) is 33.0 Å². The number of fused-ring (bicyclic) bond motifs is 1. The predicted molar refractivity (Wildman–Crippen MR) is 165 cm³/mol. The molecule has 37 heavy (non-hydrogen) atoms. The van der Waals surface area contributed by atoms with Gasteiger partial charge in [0.15, 0.2) is 0 Å². The maximum Gasteiger partial charge on any atom is -0.00204 e. The first kappa shape index (κ1) is 24.0. The second-order valence-corrected chi connectivity index (χ2v) is 9.14. The standard InChI is InChI=1S/C37H30/c1-6-29-25(5)19-24-35(30(29)7-2)37-32(9-4)31(8-3)36(33-17-13-14-18-34(33)37)28-22-20-27(21-23-28)26-15-11-10-12-16-26/h6-24H,1-4H2,5H3. The van der Waals surface area contributed by atoms with E-state index < -0.39 is 0 Å². The number of hydrogen-bond acceptors (Lipinski definition) is 0. The molecule has 0 unspecified atom stereocenters. The van der Waals surface area contributed by atoms with E-state index in [2.05, 4.69) is 118 Å². The summed E-state index contributed by atoms with van der Waals surface area (Å²) in [5.74, 6) is 0. The van der Waals surface area contributed by atoms with E-state index in [1.807, 2.05) is 30.4 Å². The zero-order chi connectivity index (χ0) is 25.9. The van der Waals surface area contributed by atoms with Crippen molar-refractivity contribution in [2.45, 2.75) is 6.92 Å². The highest BCUT2D eigenvalue weighted by atomic mass is 14.2. The predicted octanol–water partition coefficient (Wildman–Crippen LogP) is 10.7. The molecule has 0 spiro atoms. The normalized spacial score (nSPS) is 10.7. The molecule has 0 nitrogen and oxygen atoms in total. The van der Waals surface area contributed by atoms with Gasteiger partial charge in [0.25, 0.3) is 0 Å². The molecule has 5 aromatic rings. The smallest absolute Gasteiger partial charge is 0.00204 e. The summed E-state index contributed by atoms with van der Waals surface area (Å²) in [7, 11) is 0. The van der Waals surface area contributed by atoms with Crippen molar-refractivity contribution >= 4 is 35.1 Å². The van der Waals surface area contributed by atoms with Gasteiger partial charge in [-0.2, -0.15) is 0 Å². The maximum absolute atomic E-state index is 4.24. The van der Waals surface area contributed by atoms with E-state index in [0.717, 1.165) is 38.9 Å². The molecule has 0 heterocycles. The van der Waals surface area contributed by atoms with Crippen LogP contribution in [-0.2, 0) is 0 Å². The molecule has 0 amide bonds.